The number of nitrogens with two attached hydrogens (primary N) is 1. The van der Waals surface area contributed by atoms with E-state index in [1.54, 1.807) is 7.11 Å². The first-order valence-corrected chi connectivity index (χ1v) is 9.67. The van der Waals surface area contributed by atoms with Gasteiger partial charge in [-0.15, -0.1) is 0 Å². The molecule has 1 amide bonds. The van der Waals surface area contributed by atoms with Crippen LogP contribution in [0.15, 0.2) is 35.6 Å². The standard InChI is InChI=1S/C20H21F2N5O5/c1-29-4-5-31-16-8-24-15(7-25-16)17(28)26-12-2-3-14(21)13(6-12)20-11-30-9-19(20,22)10-32-18(23)27-20/h2-3,6-8H,4-5,9-11H2,1H3,(H2,23,27)(H,26,28)/t19-,20-/m1/s1. The molecule has 1 aromatic carbocycles. The molecule has 10 nitrogen and oxygen atoms in total. The number of hydrogen-bond donors (Lipinski definition) is 2. The lowest BCUT2D eigenvalue weighted by molar-refractivity contribution is 0.00905. The summed E-state index contributed by atoms with van der Waals surface area (Å²) in [5.74, 6) is -1.08. The molecule has 0 bridgehead atoms. The van der Waals surface area contributed by atoms with Crippen molar-refractivity contribution >= 4 is 17.6 Å². The maximum absolute atomic E-state index is 15.6. The van der Waals surface area contributed by atoms with Crippen molar-refractivity contribution in [1.29, 1.82) is 0 Å². The number of hydrogen-bond acceptors (Lipinski definition) is 9. The van der Waals surface area contributed by atoms with E-state index in [0.717, 1.165) is 6.07 Å². The molecule has 3 heterocycles. The largest absolute Gasteiger partial charge is 0.474 e. The van der Waals surface area contributed by atoms with Gasteiger partial charge in [0, 0.05) is 18.4 Å². The third-order valence-corrected chi connectivity index (χ3v) is 5.20. The molecule has 170 valence electrons. The summed E-state index contributed by atoms with van der Waals surface area (Å²) in [5.41, 5.74) is 1.93. The normalized spacial score (nSPS) is 24.3. The predicted octanol–water partition coefficient (Wildman–Crippen LogP) is 1.17. The van der Waals surface area contributed by atoms with Gasteiger partial charge in [0.1, 0.15) is 24.7 Å². The van der Waals surface area contributed by atoms with Crippen LogP contribution in [-0.4, -0.2) is 67.7 Å². The fraction of sp³-hybridized carbons (Fsp3) is 0.400. The number of methoxy groups -OCH3 is 1. The Morgan fingerprint density at radius 2 is 2.09 bits per heavy atom. The molecule has 2 aromatic rings. The Labute approximate surface area is 181 Å². The lowest BCUT2D eigenvalue weighted by Gasteiger charge is -2.38. The van der Waals surface area contributed by atoms with Crippen LogP contribution >= 0.6 is 0 Å². The van der Waals surface area contributed by atoms with Crippen molar-refractivity contribution in [2.45, 2.75) is 11.2 Å². The summed E-state index contributed by atoms with van der Waals surface area (Å²) in [7, 11) is 1.54. The molecule has 0 spiro atoms. The second kappa shape index (κ2) is 8.63. The molecular weight excluding hydrogens is 428 g/mol. The number of carbonyl (C=O) groups is 1. The van der Waals surface area contributed by atoms with Crippen molar-refractivity contribution in [1.82, 2.24) is 9.97 Å². The number of ether oxygens (including phenoxy) is 4. The SMILES string of the molecule is COCCOc1cnc(C(=O)Nc2ccc(F)c([C@]34COC[C@@]3(F)COC(N)=N4)c2)cn1. The maximum Gasteiger partial charge on any atom is 0.283 e. The highest BCUT2D eigenvalue weighted by molar-refractivity contribution is 6.02. The van der Waals surface area contributed by atoms with Crippen LogP contribution in [0.5, 0.6) is 5.88 Å². The van der Waals surface area contributed by atoms with Gasteiger partial charge in [-0.2, -0.15) is 0 Å². The van der Waals surface area contributed by atoms with Crippen molar-refractivity contribution in [2.24, 2.45) is 10.7 Å². The van der Waals surface area contributed by atoms with Crippen LogP contribution < -0.4 is 15.8 Å². The van der Waals surface area contributed by atoms with E-state index in [1.807, 2.05) is 0 Å². The molecule has 0 unspecified atom stereocenters. The van der Waals surface area contributed by atoms with Crippen molar-refractivity contribution < 1.29 is 32.5 Å². The number of anilines is 1. The van der Waals surface area contributed by atoms with E-state index in [2.05, 4.69) is 20.3 Å². The van der Waals surface area contributed by atoms with Gasteiger partial charge < -0.3 is 30.0 Å². The number of amides is 1. The summed E-state index contributed by atoms with van der Waals surface area (Å²) >= 11 is 0. The first kappa shape index (κ1) is 21.8. The molecule has 0 radical (unpaired) electrons. The number of fused-ring (bicyclic) bond motifs is 1. The highest BCUT2D eigenvalue weighted by Gasteiger charge is 2.62. The van der Waals surface area contributed by atoms with Crippen LogP contribution in [0, 0.1) is 5.82 Å². The van der Waals surface area contributed by atoms with Crippen LogP contribution in [0.1, 0.15) is 16.1 Å². The molecule has 12 heteroatoms. The molecular formula is C20H21F2N5O5. The van der Waals surface area contributed by atoms with Crippen molar-refractivity contribution in [3.8, 4) is 5.88 Å². The Hall–Kier alpha value is -3.38. The first-order chi connectivity index (χ1) is 15.4. The summed E-state index contributed by atoms with van der Waals surface area (Å²) in [6, 6.07) is 3.48. The number of aromatic nitrogens is 2. The van der Waals surface area contributed by atoms with E-state index < -0.39 is 29.5 Å². The Bertz CT molecular complexity index is 1040. The topological polar surface area (TPSA) is 130 Å². The zero-order valence-corrected chi connectivity index (χ0v) is 17.1. The molecule has 1 aromatic heterocycles. The quantitative estimate of drug-likeness (QED) is 0.603. The van der Waals surface area contributed by atoms with Gasteiger partial charge in [-0.05, 0) is 18.2 Å². The number of rotatable bonds is 7. The van der Waals surface area contributed by atoms with Crippen LogP contribution in [0.2, 0.25) is 0 Å². The highest BCUT2D eigenvalue weighted by Crippen LogP contribution is 2.48. The minimum Gasteiger partial charge on any atom is -0.474 e. The van der Waals surface area contributed by atoms with E-state index in [0.29, 0.717) is 6.61 Å². The minimum absolute atomic E-state index is 0.00509. The molecule has 2 aliphatic rings. The molecule has 0 aliphatic carbocycles. The molecule has 3 N–H and O–H groups in total. The third kappa shape index (κ3) is 3.94. The van der Waals surface area contributed by atoms with E-state index in [4.69, 9.17) is 24.7 Å². The zero-order valence-electron chi connectivity index (χ0n) is 17.1. The summed E-state index contributed by atoms with van der Waals surface area (Å²) in [6.45, 7) is -0.307. The number of nitrogens with one attached hydrogen (secondary N) is 1. The number of aliphatic imine (C=N–C) groups is 1. The van der Waals surface area contributed by atoms with Gasteiger partial charge in [0.2, 0.25) is 5.88 Å². The van der Waals surface area contributed by atoms with Gasteiger partial charge in [-0.25, -0.2) is 23.7 Å². The number of nitrogens with zero attached hydrogens (tertiary/aromatic N) is 3. The Morgan fingerprint density at radius 3 is 2.84 bits per heavy atom. The van der Waals surface area contributed by atoms with Crippen LogP contribution in [0.4, 0.5) is 14.5 Å². The Balaban J connectivity index is 1.56. The minimum atomic E-state index is -2.11. The molecule has 2 atom stereocenters. The molecule has 1 saturated heterocycles. The lowest BCUT2D eigenvalue weighted by atomic mass is 9.78. The lowest BCUT2D eigenvalue weighted by Crippen LogP contribution is -2.55. The smallest absolute Gasteiger partial charge is 0.283 e. The van der Waals surface area contributed by atoms with Crippen molar-refractivity contribution in [2.75, 3.05) is 45.5 Å². The zero-order chi connectivity index (χ0) is 22.8. The van der Waals surface area contributed by atoms with Crippen LogP contribution in [0.25, 0.3) is 0 Å². The van der Waals surface area contributed by atoms with Crippen molar-refractivity contribution in [3.05, 3.63) is 47.7 Å². The molecule has 2 aliphatic heterocycles. The summed E-state index contributed by atoms with van der Waals surface area (Å²) in [5, 5.41) is 2.59. The van der Waals surface area contributed by atoms with Gasteiger partial charge in [0.05, 0.1) is 32.2 Å². The molecule has 4 rings (SSSR count). The Kier molecular flexibility index (Phi) is 5.89. The maximum atomic E-state index is 15.6. The first-order valence-electron chi connectivity index (χ1n) is 9.67. The van der Waals surface area contributed by atoms with E-state index >= 15 is 4.39 Å². The van der Waals surface area contributed by atoms with Crippen molar-refractivity contribution in [3.63, 3.8) is 0 Å². The van der Waals surface area contributed by atoms with Crippen LogP contribution in [0.3, 0.4) is 0 Å². The highest BCUT2D eigenvalue weighted by atomic mass is 19.1. The number of amidine groups is 1. The van der Waals surface area contributed by atoms with Gasteiger partial charge in [0.15, 0.2) is 11.2 Å². The number of halogens is 2. The molecule has 1 fully saturated rings. The third-order valence-electron chi connectivity index (χ3n) is 5.20. The fourth-order valence-corrected chi connectivity index (χ4v) is 3.54. The van der Waals surface area contributed by atoms with Crippen LogP contribution in [-0.2, 0) is 19.7 Å². The average molecular weight is 449 g/mol. The average Bonchev–Trinajstić information content (AvgIpc) is 3.13. The van der Waals surface area contributed by atoms with Gasteiger partial charge in [-0.3, -0.25) is 4.79 Å². The van der Waals surface area contributed by atoms with E-state index in [9.17, 15) is 9.18 Å². The van der Waals surface area contributed by atoms with Gasteiger partial charge in [-0.1, -0.05) is 0 Å². The Morgan fingerprint density at radius 1 is 1.25 bits per heavy atom. The number of alkyl halides is 1. The second-order valence-electron chi connectivity index (χ2n) is 7.29. The summed E-state index contributed by atoms with van der Waals surface area (Å²) < 4.78 is 50.8. The van der Waals surface area contributed by atoms with E-state index in [1.165, 1.54) is 24.5 Å². The fourth-order valence-electron chi connectivity index (χ4n) is 3.54. The van der Waals surface area contributed by atoms with Gasteiger partial charge in [0.25, 0.3) is 11.9 Å². The number of carbonyl (C=O) groups excluding carboxylic acids is 1. The molecule has 32 heavy (non-hydrogen) atoms. The summed E-state index contributed by atoms with van der Waals surface area (Å²) in [4.78, 5) is 24.6. The summed E-state index contributed by atoms with van der Waals surface area (Å²) in [6.07, 6.45) is 2.54. The number of benzene rings is 1. The predicted molar refractivity (Wildman–Crippen MR) is 108 cm³/mol. The van der Waals surface area contributed by atoms with Gasteiger partial charge >= 0.3 is 0 Å². The second-order valence-corrected chi connectivity index (χ2v) is 7.29. The van der Waals surface area contributed by atoms with E-state index in [-0.39, 0.29) is 48.7 Å². The monoisotopic (exact) mass is 449 g/mol. The molecule has 0 saturated carbocycles.